The lowest BCUT2D eigenvalue weighted by Crippen LogP contribution is -2.46. The number of hydrogen-bond acceptors (Lipinski definition) is 6. The summed E-state index contributed by atoms with van der Waals surface area (Å²) >= 11 is 6.03. The second kappa shape index (κ2) is 11.2. The number of ether oxygens (including phenoxy) is 1. The monoisotopic (exact) mass is 484 g/mol. The van der Waals surface area contributed by atoms with Crippen LogP contribution in [0.4, 0.5) is 5.82 Å². The molecule has 0 aliphatic carbocycles. The molecule has 1 unspecified atom stereocenters. The van der Waals surface area contributed by atoms with Crippen LogP contribution < -0.4 is 5.73 Å². The summed E-state index contributed by atoms with van der Waals surface area (Å²) in [4.78, 5) is 33.4. The molecular formula is C26H33ClN4O3. The van der Waals surface area contributed by atoms with Crippen molar-refractivity contribution in [1.29, 1.82) is 0 Å². The number of pyridine rings is 1. The summed E-state index contributed by atoms with van der Waals surface area (Å²) in [5.74, 6) is 0.777. The summed E-state index contributed by atoms with van der Waals surface area (Å²) in [6.07, 6.45) is 4.81. The van der Waals surface area contributed by atoms with E-state index < -0.39 is 0 Å². The number of hydrogen-bond donors (Lipinski definition) is 1. The third kappa shape index (κ3) is 6.27. The van der Waals surface area contributed by atoms with Crippen LogP contribution in [0, 0.1) is 11.8 Å². The van der Waals surface area contributed by atoms with Crippen molar-refractivity contribution in [3.63, 3.8) is 0 Å². The average molecular weight is 485 g/mol. The minimum atomic E-state index is -0.308. The number of aromatic nitrogens is 1. The Morgan fingerprint density at radius 3 is 2.38 bits per heavy atom. The van der Waals surface area contributed by atoms with Crippen molar-refractivity contribution in [3.8, 4) is 0 Å². The summed E-state index contributed by atoms with van der Waals surface area (Å²) in [5, 5.41) is 0.654. The molecule has 0 radical (unpaired) electrons. The molecule has 1 amide bonds. The number of piperidine rings is 2. The first-order valence-corrected chi connectivity index (χ1v) is 12.4. The van der Waals surface area contributed by atoms with Crippen LogP contribution in [-0.2, 0) is 20.9 Å². The number of likely N-dealkylation sites (tertiary alicyclic amines) is 2. The second-order valence-corrected chi connectivity index (χ2v) is 9.82. The van der Waals surface area contributed by atoms with E-state index in [2.05, 4.69) is 9.88 Å². The summed E-state index contributed by atoms with van der Waals surface area (Å²) in [6.45, 7) is 5.48. The van der Waals surface area contributed by atoms with E-state index in [0.29, 0.717) is 23.9 Å². The van der Waals surface area contributed by atoms with Gasteiger partial charge in [-0.25, -0.2) is 4.98 Å². The fraction of sp³-hybridized carbons (Fsp3) is 0.500. The molecule has 2 fully saturated rings. The largest absolute Gasteiger partial charge is 0.457 e. The Kier molecular flexibility index (Phi) is 8.06. The Morgan fingerprint density at radius 1 is 1.09 bits per heavy atom. The van der Waals surface area contributed by atoms with Crippen molar-refractivity contribution in [2.24, 2.45) is 11.8 Å². The number of rotatable bonds is 6. The molecule has 7 nitrogen and oxygen atoms in total. The van der Waals surface area contributed by atoms with Gasteiger partial charge >= 0.3 is 5.97 Å². The molecule has 4 rings (SSSR count). The van der Waals surface area contributed by atoms with Crippen molar-refractivity contribution < 1.29 is 14.3 Å². The van der Waals surface area contributed by atoms with Crippen LogP contribution in [0.2, 0.25) is 5.02 Å². The Balaban J connectivity index is 1.28. The number of anilines is 1. The van der Waals surface area contributed by atoms with Gasteiger partial charge in [0.05, 0.1) is 0 Å². The number of carbonyl (C=O) groups excluding carboxylic acids is 2. The van der Waals surface area contributed by atoms with Crippen LogP contribution in [0.25, 0.3) is 0 Å². The van der Waals surface area contributed by atoms with Crippen molar-refractivity contribution in [3.05, 3.63) is 58.7 Å². The van der Waals surface area contributed by atoms with Gasteiger partial charge in [-0.15, -0.1) is 0 Å². The van der Waals surface area contributed by atoms with Gasteiger partial charge in [0.15, 0.2) is 0 Å². The molecule has 0 spiro atoms. The lowest BCUT2D eigenvalue weighted by Gasteiger charge is -2.39. The zero-order valence-electron chi connectivity index (χ0n) is 19.7. The fourth-order valence-electron chi connectivity index (χ4n) is 5.14. The maximum atomic E-state index is 13.2. The topological polar surface area (TPSA) is 88.8 Å². The summed E-state index contributed by atoms with van der Waals surface area (Å²) in [5.41, 5.74) is 7.90. The molecule has 34 heavy (non-hydrogen) atoms. The highest BCUT2D eigenvalue weighted by Gasteiger charge is 2.34. The molecule has 1 aromatic carbocycles. The van der Waals surface area contributed by atoms with Crippen molar-refractivity contribution >= 4 is 29.3 Å². The van der Waals surface area contributed by atoms with Gasteiger partial charge < -0.3 is 15.4 Å². The molecule has 0 saturated carbocycles. The number of nitrogens with two attached hydrogens (primary N) is 1. The van der Waals surface area contributed by atoms with Crippen LogP contribution in [0.5, 0.6) is 0 Å². The highest BCUT2D eigenvalue weighted by atomic mass is 35.5. The van der Waals surface area contributed by atoms with Crippen LogP contribution in [0.15, 0.2) is 42.6 Å². The first-order valence-electron chi connectivity index (χ1n) is 12.0. The van der Waals surface area contributed by atoms with E-state index >= 15 is 0 Å². The maximum absolute atomic E-state index is 13.2. The van der Waals surface area contributed by atoms with Gasteiger partial charge in [-0.05, 0) is 74.2 Å². The lowest BCUT2D eigenvalue weighted by molar-refractivity contribution is -0.152. The van der Waals surface area contributed by atoms with Gasteiger partial charge in [-0.1, -0.05) is 23.7 Å². The van der Waals surface area contributed by atoms with Crippen LogP contribution in [0.3, 0.4) is 0 Å². The summed E-state index contributed by atoms with van der Waals surface area (Å²) in [7, 11) is 0. The van der Waals surface area contributed by atoms with E-state index in [1.165, 1.54) is 6.92 Å². The molecule has 8 heteroatoms. The van der Waals surface area contributed by atoms with Crippen LogP contribution in [0.1, 0.15) is 49.8 Å². The van der Waals surface area contributed by atoms with E-state index in [1.807, 2.05) is 41.3 Å². The predicted molar refractivity (Wildman–Crippen MR) is 132 cm³/mol. The third-order valence-corrected chi connectivity index (χ3v) is 7.21. The molecular weight excluding hydrogens is 452 g/mol. The maximum Gasteiger partial charge on any atom is 0.303 e. The quantitative estimate of drug-likeness (QED) is 0.621. The molecule has 2 aliphatic rings. The van der Waals surface area contributed by atoms with E-state index in [0.717, 1.165) is 56.4 Å². The molecule has 1 atom stereocenters. The molecule has 1 aromatic heterocycles. The molecule has 2 saturated heterocycles. The number of esters is 1. The third-order valence-electron chi connectivity index (χ3n) is 6.96. The standard InChI is InChI=1S/C26H33ClN4O3/c1-18(32)34-25(20-2-4-23(27)5-3-20)21-9-14-31(15-10-21)26(33)22-7-12-30(13-8-22)17-19-6-11-29-24(28)16-19/h2-6,11,16,21-22,25H,7-10,12-15,17H2,1H3,(H2,28,29). The zero-order valence-corrected chi connectivity index (χ0v) is 20.4. The Labute approximate surface area is 206 Å². The lowest BCUT2D eigenvalue weighted by atomic mass is 9.86. The zero-order chi connectivity index (χ0) is 24.1. The van der Waals surface area contributed by atoms with Crippen molar-refractivity contribution in [1.82, 2.24) is 14.8 Å². The number of nitrogen functional groups attached to an aromatic ring is 1. The van der Waals surface area contributed by atoms with Crippen molar-refractivity contribution in [2.75, 3.05) is 31.9 Å². The molecule has 182 valence electrons. The SMILES string of the molecule is CC(=O)OC(c1ccc(Cl)cc1)C1CCN(C(=O)C2CCN(Cc3ccnc(N)c3)CC2)CC1. The minimum Gasteiger partial charge on any atom is -0.457 e. The first kappa shape index (κ1) is 24.5. The number of halogens is 1. The molecule has 2 aromatic rings. The van der Waals surface area contributed by atoms with E-state index in [1.54, 1.807) is 6.20 Å². The smallest absolute Gasteiger partial charge is 0.303 e. The molecule has 3 heterocycles. The Bertz CT molecular complexity index is 984. The summed E-state index contributed by atoms with van der Waals surface area (Å²) < 4.78 is 5.69. The predicted octanol–water partition coefficient (Wildman–Crippen LogP) is 4.07. The Hall–Kier alpha value is -2.64. The number of amides is 1. The van der Waals surface area contributed by atoms with E-state index in [-0.39, 0.29) is 29.8 Å². The minimum absolute atomic E-state index is 0.0795. The van der Waals surface area contributed by atoms with E-state index in [9.17, 15) is 9.59 Å². The van der Waals surface area contributed by atoms with Gasteiger partial charge in [0, 0.05) is 49.6 Å². The highest BCUT2D eigenvalue weighted by Crippen LogP contribution is 2.35. The van der Waals surface area contributed by atoms with Crippen LogP contribution >= 0.6 is 11.6 Å². The molecule has 2 aliphatic heterocycles. The average Bonchev–Trinajstić information content (AvgIpc) is 2.83. The van der Waals surface area contributed by atoms with Crippen molar-refractivity contribution in [2.45, 2.75) is 45.3 Å². The van der Waals surface area contributed by atoms with Gasteiger partial charge in [0.25, 0.3) is 0 Å². The van der Waals surface area contributed by atoms with E-state index in [4.69, 9.17) is 22.1 Å². The van der Waals surface area contributed by atoms with Gasteiger partial charge in [0.1, 0.15) is 11.9 Å². The molecule has 0 bridgehead atoms. The number of benzene rings is 1. The van der Waals surface area contributed by atoms with Gasteiger partial charge in [-0.3, -0.25) is 14.5 Å². The summed E-state index contributed by atoms with van der Waals surface area (Å²) in [6, 6.07) is 11.4. The fourth-order valence-corrected chi connectivity index (χ4v) is 5.26. The van der Waals surface area contributed by atoms with Gasteiger partial charge in [0.2, 0.25) is 5.91 Å². The highest BCUT2D eigenvalue weighted by molar-refractivity contribution is 6.30. The van der Waals surface area contributed by atoms with Crippen LogP contribution in [-0.4, -0.2) is 52.8 Å². The second-order valence-electron chi connectivity index (χ2n) is 9.38. The normalized spacial score (nSPS) is 19.1. The van der Waals surface area contributed by atoms with Gasteiger partial charge in [-0.2, -0.15) is 0 Å². The molecule has 2 N–H and O–H groups in total. The first-order chi connectivity index (χ1) is 16.4. The number of carbonyl (C=O) groups is 2. The Morgan fingerprint density at radius 2 is 1.76 bits per heavy atom. The number of nitrogens with zero attached hydrogens (tertiary/aromatic N) is 3.